The van der Waals surface area contributed by atoms with Crippen molar-refractivity contribution in [3.05, 3.63) is 54.9 Å². The van der Waals surface area contributed by atoms with Gasteiger partial charge < -0.3 is 10.2 Å². The van der Waals surface area contributed by atoms with Gasteiger partial charge in [-0.25, -0.2) is 0 Å². The summed E-state index contributed by atoms with van der Waals surface area (Å²) in [5.41, 5.74) is 1.22. The summed E-state index contributed by atoms with van der Waals surface area (Å²) >= 11 is 21.3. The van der Waals surface area contributed by atoms with Crippen LogP contribution in [0, 0.1) is 0 Å². The Labute approximate surface area is 146 Å². The monoisotopic (exact) mass is 408 g/mol. The van der Waals surface area contributed by atoms with E-state index in [0.717, 1.165) is 11.1 Å². The molecule has 0 saturated carbocycles. The molecule has 0 atom stereocenters. The van der Waals surface area contributed by atoms with E-state index in [-0.39, 0.29) is 26.6 Å². The molecule has 0 aliphatic carbocycles. The smallest absolute Gasteiger partial charge is 0.152 e. The van der Waals surface area contributed by atoms with Crippen LogP contribution in [0.3, 0.4) is 0 Å². The van der Waals surface area contributed by atoms with E-state index in [1.165, 1.54) is 0 Å². The van der Waals surface area contributed by atoms with Crippen LogP contribution < -0.4 is 0 Å². The second-order valence-corrected chi connectivity index (χ2v) is 7.28. The number of hydrogen-bond acceptors (Lipinski definition) is 2. The Morgan fingerprint density at radius 1 is 0.810 bits per heavy atom. The Balaban J connectivity index is 2.61. The molecule has 0 radical (unpaired) electrons. The summed E-state index contributed by atoms with van der Waals surface area (Å²) in [6, 6.07) is 6.81. The summed E-state index contributed by atoms with van der Waals surface area (Å²) in [5.74, 6) is -0.138. The predicted octanol–water partition coefficient (Wildman–Crippen LogP) is 6.15. The zero-order valence-corrected chi connectivity index (χ0v) is 15.1. The molecule has 0 aliphatic rings. The van der Waals surface area contributed by atoms with Crippen molar-refractivity contribution in [2.45, 2.75) is 19.3 Å². The number of rotatable bonds is 2. The Morgan fingerprint density at radius 3 is 1.62 bits per heavy atom. The van der Waals surface area contributed by atoms with Gasteiger partial charge in [0.05, 0.1) is 19.5 Å². The van der Waals surface area contributed by atoms with Gasteiger partial charge >= 0.3 is 0 Å². The summed E-state index contributed by atoms with van der Waals surface area (Å²) in [6.45, 7) is 3.95. The summed E-state index contributed by atoms with van der Waals surface area (Å²) in [5, 5.41) is 20.0. The molecule has 2 rings (SSSR count). The van der Waals surface area contributed by atoms with Gasteiger partial charge in [-0.05, 0) is 51.3 Å². The van der Waals surface area contributed by atoms with Gasteiger partial charge in [-0.15, -0.1) is 0 Å². The van der Waals surface area contributed by atoms with Crippen molar-refractivity contribution in [2.75, 3.05) is 0 Å². The second kappa shape index (κ2) is 5.88. The van der Waals surface area contributed by atoms with Gasteiger partial charge in [0, 0.05) is 5.41 Å². The standard InChI is InChI=1S/C15H12BrCl3O2/c1-15(2,7-3-9(16)13(20)10(17)4-7)8-5-11(18)14(21)12(19)6-8/h3-6,20-21H,1-2H3. The Bertz CT molecular complexity index is 609. The van der Waals surface area contributed by atoms with E-state index in [9.17, 15) is 10.2 Å². The first-order chi connectivity index (χ1) is 9.64. The number of halogens is 4. The average molecular weight is 411 g/mol. The third-order valence-electron chi connectivity index (χ3n) is 3.48. The molecule has 2 N–H and O–H groups in total. The van der Waals surface area contributed by atoms with Gasteiger partial charge in [0.15, 0.2) is 5.75 Å². The molecule has 112 valence electrons. The van der Waals surface area contributed by atoms with Gasteiger partial charge in [-0.2, -0.15) is 0 Å². The summed E-state index contributed by atoms with van der Waals surface area (Å²) in [7, 11) is 0. The number of phenolic OH excluding ortho intramolecular Hbond substituents is 2. The third-order valence-corrected chi connectivity index (χ3v) is 4.95. The van der Waals surface area contributed by atoms with Crippen molar-refractivity contribution >= 4 is 50.7 Å². The van der Waals surface area contributed by atoms with Crippen LogP contribution in [0.4, 0.5) is 0 Å². The van der Waals surface area contributed by atoms with Crippen LogP contribution in [0.15, 0.2) is 28.7 Å². The molecule has 0 unspecified atom stereocenters. The molecule has 2 nitrogen and oxygen atoms in total. The van der Waals surface area contributed by atoms with Crippen LogP contribution in [0.5, 0.6) is 11.5 Å². The highest BCUT2D eigenvalue weighted by atomic mass is 79.9. The first-order valence-corrected chi connectivity index (χ1v) is 7.94. The normalized spacial score (nSPS) is 11.7. The minimum Gasteiger partial charge on any atom is -0.505 e. The van der Waals surface area contributed by atoms with E-state index in [0.29, 0.717) is 4.47 Å². The van der Waals surface area contributed by atoms with Crippen molar-refractivity contribution in [2.24, 2.45) is 0 Å². The lowest BCUT2D eigenvalue weighted by Gasteiger charge is -2.27. The molecule has 0 heterocycles. The minimum atomic E-state index is -0.471. The van der Waals surface area contributed by atoms with E-state index in [1.807, 2.05) is 13.8 Å². The lowest BCUT2D eigenvalue weighted by molar-refractivity contribution is 0.471. The predicted molar refractivity (Wildman–Crippen MR) is 91.1 cm³/mol. The quantitative estimate of drug-likeness (QED) is 0.624. The zero-order chi connectivity index (χ0) is 15.9. The molecule has 0 amide bonds. The molecule has 0 spiro atoms. The number of aromatic hydroxyl groups is 2. The summed E-state index contributed by atoms with van der Waals surface area (Å²) in [4.78, 5) is 0. The summed E-state index contributed by atoms with van der Waals surface area (Å²) < 4.78 is 0.508. The lowest BCUT2D eigenvalue weighted by atomic mass is 9.78. The van der Waals surface area contributed by atoms with Crippen LogP contribution >= 0.6 is 50.7 Å². The number of phenols is 2. The SMILES string of the molecule is CC(C)(c1cc(Cl)c(O)c(Cl)c1)c1cc(Cl)c(O)c(Br)c1. The molecule has 0 aliphatic heterocycles. The molecule has 6 heteroatoms. The van der Waals surface area contributed by atoms with Crippen LogP contribution in [0.2, 0.25) is 15.1 Å². The molecular formula is C15H12BrCl3O2. The van der Waals surface area contributed by atoms with E-state index >= 15 is 0 Å². The van der Waals surface area contributed by atoms with Gasteiger partial charge in [0.2, 0.25) is 0 Å². The van der Waals surface area contributed by atoms with Gasteiger partial charge in [0.25, 0.3) is 0 Å². The fourth-order valence-corrected chi connectivity index (χ4v) is 3.30. The maximum Gasteiger partial charge on any atom is 0.152 e. The first-order valence-electron chi connectivity index (χ1n) is 6.01. The van der Waals surface area contributed by atoms with Gasteiger partial charge in [-0.1, -0.05) is 48.7 Å². The Hall–Kier alpha value is -0.610. The second-order valence-electron chi connectivity index (χ2n) is 5.20. The molecule has 21 heavy (non-hydrogen) atoms. The van der Waals surface area contributed by atoms with Gasteiger partial charge in [-0.3, -0.25) is 0 Å². The third kappa shape index (κ3) is 3.11. The van der Waals surface area contributed by atoms with Crippen LogP contribution in [0.1, 0.15) is 25.0 Å². The molecule has 0 saturated heterocycles. The zero-order valence-electron chi connectivity index (χ0n) is 11.2. The molecule has 0 aromatic heterocycles. The summed E-state index contributed by atoms with van der Waals surface area (Å²) in [6.07, 6.45) is 0. The maximum absolute atomic E-state index is 9.74. The van der Waals surface area contributed by atoms with Crippen molar-refractivity contribution in [1.29, 1.82) is 0 Å². The lowest BCUT2D eigenvalue weighted by Crippen LogP contribution is -2.19. The molecule has 2 aromatic carbocycles. The topological polar surface area (TPSA) is 40.5 Å². The largest absolute Gasteiger partial charge is 0.505 e. The van der Waals surface area contributed by atoms with E-state index in [4.69, 9.17) is 34.8 Å². The van der Waals surface area contributed by atoms with Gasteiger partial charge in [0.1, 0.15) is 5.75 Å². The van der Waals surface area contributed by atoms with Crippen LogP contribution in [-0.2, 0) is 5.41 Å². The van der Waals surface area contributed by atoms with Crippen LogP contribution in [-0.4, -0.2) is 10.2 Å². The molecule has 0 fully saturated rings. The molecule has 0 bridgehead atoms. The maximum atomic E-state index is 9.74. The van der Waals surface area contributed by atoms with E-state index < -0.39 is 5.41 Å². The highest BCUT2D eigenvalue weighted by molar-refractivity contribution is 9.10. The van der Waals surface area contributed by atoms with Crippen LogP contribution in [0.25, 0.3) is 0 Å². The highest BCUT2D eigenvalue weighted by Crippen LogP contribution is 2.42. The Kier molecular flexibility index (Phi) is 4.69. The van der Waals surface area contributed by atoms with E-state index in [2.05, 4.69) is 15.9 Å². The number of benzene rings is 2. The average Bonchev–Trinajstić information content (AvgIpc) is 2.40. The Morgan fingerprint density at radius 2 is 1.19 bits per heavy atom. The van der Waals surface area contributed by atoms with Crippen molar-refractivity contribution in [3.63, 3.8) is 0 Å². The van der Waals surface area contributed by atoms with E-state index in [1.54, 1.807) is 24.3 Å². The fraction of sp³-hybridized carbons (Fsp3) is 0.200. The molecule has 2 aromatic rings. The van der Waals surface area contributed by atoms with Crippen molar-refractivity contribution < 1.29 is 10.2 Å². The molecular weight excluding hydrogens is 398 g/mol. The first kappa shape index (κ1) is 16.8. The number of hydrogen-bond donors (Lipinski definition) is 2. The van der Waals surface area contributed by atoms with Crippen molar-refractivity contribution in [1.82, 2.24) is 0 Å². The minimum absolute atomic E-state index is 0.00186. The highest BCUT2D eigenvalue weighted by Gasteiger charge is 2.26. The van der Waals surface area contributed by atoms with Crippen molar-refractivity contribution in [3.8, 4) is 11.5 Å². The fourth-order valence-electron chi connectivity index (χ4n) is 2.02.